The predicted molar refractivity (Wildman–Crippen MR) is 62.9 cm³/mol. The van der Waals surface area contributed by atoms with E-state index >= 15 is 0 Å². The Labute approximate surface area is 93.5 Å². The van der Waals surface area contributed by atoms with Crippen molar-refractivity contribution in [1.82, 2.24) is 4.90 Å². The van der Waals surface area contributed by atoms with Crippen LogP contribution in [0.5, 0.6) is 0 Å². The van der Waals surface area contributed by atoms with Crippen LogP contribution in [0.25, 0.3) is 0 Å². The number of carbonyl (C=O) groups is 1. The van der Waals surface area contributed by atoms with E-state index in [1.807, 2.05) is 20.8 Å². The van der Waals surface area contributed by atoms with E-state index in [4.69, 9.17) is 0 Å². The molecule has 0 aromatic carbocycles. The lowest BCUT2D eigenvalue weighted by Crippen LogP contribution is -2.39. The lowest BCUT2D eigenvalue weighted by molar-refractivity contribution is -0.118. The molecule has 0 radical (unpaired) electrons. The number of ketones is 1. The third-order valence-electron chi connectivity index (χ3n) is 2.38. The van der Waals surface area contributed by atoms with Gasteiger partial charge in [0.1, 0.15) is 5.78 Å². The van der Waals surface area contributed by atoms with E-state index in [1.165, 1.54) is 0 Å². The molecule has 0 spiro atoms. The number of Topliss-reactive ketones (excluding diaryl/α,β-unsaturated/α-hetero) is 1. The molecule has 0 aliphatic carbocycles. The topological polar surface area (TPSA) is 40.5 Å². The maximum Gasteiger partial charge on any atom is 0.132 e. The Morgan fingerprint density at radius 2 is 1.93 bits per heavy atom. The molecule has 0 aliphatic heterocycles. The zero-order chi connectivity index (χ0) is 11.9. The minimum atomic E-state index is -0.648. The van der Waals surface area contributed by atoms with Gasteiger partial charge in [-0.05, 0) is 33.4 Å². The number of hydrogen-bond donors (Lipinski definition) is 1. The highest BCUT2D eigenvalue weighted by Crippen LogP contribution is 2.06. The van der Waals surface area contributed by atoms with Gasteiger partial charge in [-0.3, -0.25) is 4.79 Å². The van der Waals surface area contributed by atoms with Crippen molar-refractivity contribution in [3.05, 3.63) is 0 Å². The first-order valence-electron chi connectivity index (χ1n) is 5.85. The molecule has 0 amide bonds. The van der Waals surface area contributed by atoms with Gasteiger partial charge in [-0.2, -0.15) is 0 Å². The summed E-state index contributed by atoms with van der Waals surface area (Å²) < 4.78 is 0. The summed E-state index contributed by atoms with van der Waals surface area (Å²) >= 11 is 0. The summed E-state index contributed by atoms with van der Waals surface area (Å²) in [5.41, 5.74) is -0.648. The van der Waals surface area contributed by atoms with Crippen LogP contribution in [-0.4, -0.2) is 41.0 Å². The van der Waals surface area contributed by atoms with E-state index in [1.54, 1.807) is 0 Å². The highest BCUT2D eigenvalue weighted by atomic mass is 16.3. The molecule has 3 nitrogen and oxygen atoms in total. The van der Waals surface area contributed by atoms with E-state index in [0.29, 0.717) is 25.2 Å². The quantitative estimate of drug-likeness (QED) is 0.671. The number of nitrogens with zero attached hydrogens (tertiary/aromatic N) is 1. The summed E-state index contributed by atoms with van der Waals surface area (Å²) in [5.74, 6) is 0.328. The standard InChI is InChI=1S/C12H25NO2/c1-5-11(14)8-7-9-13(6-2)10-12(3,4)15/h15H,5-10H2,1-4H3. The number of likely N-dealkylation sites (N-methyl/N-ethyl adjacent to an activating group) is 1. The second kappa shape index (κ2) is 6.96. The average Bonchev–Trinajstić information content (AvgIpc) is 2.14. The molecule has 0 saturated carbocycles. The maximum atomic E-state index is 11.1. The molecule has 0 aromatic rings. The van der Waals surface area contributed by atoms with Gasteiger partial charge in [0.05, 0.1) is 5.60 Å². The highest BCUT2D eigenvalue weighted by Gasteiger charge is 2.16. The monoisotopic (exact) mass is 215 g/mol. The molecule has 0 atom stereocenters. The molecule has 0 fully saturated rings. The van der Waals surface area contributed by atoms with Gasteiger partial charge < -0.3 is 10.0 Å². The fourth-order valence-corrected chi connectivity index (χ4v) is 1.57. The molecule has 90 valence electrons. The van der Waals surface area contributed by atoms with Crippen molar-refractivity contribution < 1.29 is 9.90 Å². The van der Waals surface area contributed by atoms with Crippen molar-refractivity contribution >= 4 is 5.78 Å². The van der Waals surface area contributed by atoms with Crippen LogP contribution in [0.1, 0.15) is 47.0 Å². The molecule has 0 aromatic heterocycles. The molecule has 0 saturated heterocycles. The Bertz CT molecular complexity index is 185. The number of hydrogen-bond acceptors (Lipinski definition) is 3. The molecule has 15 heavy (non-hydrogen) atoms. The second-order valence-electron chi connectivity index (χ2n) is 4.68. The highest BCUT2D eigenvalue weighted by molar-refractivity contribution is 5.77. The summed E-state index contributed by atoms with van der Waals surface area (Å²) in [5, 5.41) is 9.67. The van der Waals surface area contributed by atoms with Crippen molar-refractivity contribution in [2.75, 3.05) is 19.6 Å². The lowest BCUT2D eigenvalue weighted by Gasteiger charge is -2.27. The van der Waals surface area contributed by atoms with Crippen LogP contribution in [0, 0.1) is 0 Å². The largest absolute Gasteiger partial charge is 0.389 e. The van der Waals surface area contributed by atoms with Gasteiger partial charge >= 0.3 is 0 Å². The number of rotatable bonds is 8. The Morgan fingerprint density at radius 3 is 2.33 bits per heavy atom. The maximum absolute atomic E-state index is 11.1. The van der Waals surface area contributed by atoms with Gasteiger partial charge in [0.2, 0.25) is 0 Å². The summed E-state index contributed by atoms with van der Waals surface area (Å²) in [6, 6.07) is 0. The smallest absolute Gasteiger partial charge is 0.132 e. The van der Waals surface area contributed by atoms with E-state index in [0.717, 1.165) is 19.5 Å². The lowest BCUT2D eigenvalue weighted by atomic mass is 10.1. The molecular weight excluding hydrogens is 190 g/mol. The molecular formula is C12H25NO2. The fourth-order valence-electron chi connectivity index (χ4n) is 1.57. The Morgan fingerprint density at radius 1 is 1.33 bits per heavy atom. The van der Waals surface area contributed by atoms with Crippen molar-refractivity contribution in [3.8, 4) is 0 Å². The van der Waals surface area contributed by atoms with E-state index < -0.39 is 5.60 Å². The van der Waals surface area contributed by atoms with Crippen LogP contribution in [0.3, 0.4) is 0 Å². The van der Waals surface area contributed by atoms with Crippen LogP contribution in [-0.2, 0) is 4.79 Å². The molecule has 1 N–H and O–H groups in total. The Hall–Kier alpha value is -0.410. The van der Waals surface area contributed by atoms with Crippen LogP contribution >= 0.6 is 0 Å². The summed E-state index contributed by atoms with van der Waals surface area (Å²) in [7, 11) is 0. The average molecular weight is 215 g/mol. The van der Waals surface area contributed by atoms with Crippen molar-refractivity contribution in [2.45, 2.75) is 52.6 Å². The van der Waals surface area contributed by atoms with E-state index in [9.17, 15) is 9.90 Å². The molecule has 0 unspecified atom stereocenters. The van der Waals surface area contributed by atoms with Crippen molar-refractivity contribution in [2.24, 2.45) is 0 Å². The van der Waals surface area contributed by atoms with Crippen LogP contribution in [0.2, 0.25) is 0 Å². The fraction of sp³-hybridized carbons (Fsp3) is 0.917. The predicted octanol–water partition coefficient (Wildman–Crippen LogP) is 1.84. The Balaban J connectivity index is 3.76. The van der Waals surface area contributed by atoms with Gasteiger partial charge in [0.25, 0.3) is 0 Å². The third kappa shape index (κ3) is 8.58. The molecule has 0 heterocycles. The second-order valence-corrected chi connectivity index (χ2v) is 4.68. The minimum absolute atomic E-state index is 0.328. The Kier molecular flexibility index (Phi) is 6.77. The molecule has 3 heteroatoms. The molecule has 0 rings (SSSR count). The van der Waals surface area contributed by atoms with E-state index in [2.05, 4.69) is 11.8 Å². The first kappa shape index (κ1) is 14.6. The zero-order valence-corrected chi connectivity index (χ0v) is 10.5. The normalized spacial score (nSPS) is 12.1. The van der Waals surface area contributed by atoms with Gasteiger partial charge in [-0.25, -0.2) is 0 Å². The molecule has 0 aliphatic rings. The van der Waals surface area contributed by atoms with Crippen molar-refractivity contribution in [3.63, 3.8) is 0 Å². The summed E-state index contributed by atoms with van der Waals surface area (Å²) in [6.07, 6.45) is 2.20. The van der Waals surface area contributed by atoms with Crippen LogP contribution < -0.4 is 0 Å². The summed E-state index contributed by atoms with van der Waals surface area (Å²) in [6.45, 7) is 10.1. The van der Waals surface area contributed by atoms with Gasteiger partial charge in [0, 0.05) is 19.4 Å². The molecule has 0 bridgehead atoms. The van der Waals surface area contributed by atoms with Gasteiger partial charge in [-0.1, -0.05) is 13.8 Å². The first-order chi connectivity index (χ1) is 6.89. The van der Waals surface area contributed by atoms with Gasteiger partial charge in [-0.15, -0.1) is 0 Å². The summed E-state index contributed by atoms with van der Waals surface area (Å²) in [4.78, 5) is 13.3. The van der Waals surface area contributed by atoms with Crippen LogP contribution in [0.15, 0.2) is 0 Å². The van der Waals surface area contributed by atoms with Crippen molar-refractivity contribution in [1.29, 1.82) is 0 Å². The minimum Gasteiger partial charge on any atom is -0.389 e. The first-order valence-corrected chi connectivity index (χ1v) is 5.85. The number of aliphatic hydroxyl groups is 1. The van der Waals surface area contributed by atoms with Gasteiger partial charge in [0.15, 0.2) is 0 Å². The zero-order valence-electron chi connectivity index (χ0n) is 10.5. The SMILES string of the molecule is CCC(=O)CCCN(CC)CC(C)(C)O. The third-order valence-corrected chi connectivity index (χ3v) is 2.38. The van der Waals surface area contributed by atoms with E-state index in [-0.39, 0.29) is 0 Å². The number of carbonyl (C=O) groups excluding carboxylic acids is 1. The van der Waals surface area contributed by atoms with Crippen LogP contribution in [0.4, 0.5) is 0 Å².